The van der Waals surface area contributed by atoms with Crippen LogP contribution in [0.1, 0.15) is 38.5 Å². The molecule has 4 aliphatic rings. The lowest BCUT2D eigenvalue weighted by atomic mass is 9.53. The van der Waals surface area contributed by atoms with Crippen molar-refractivity contribution in [3.05, 3.63) is 24.3 Å². The molecule has 0 spiro atoms. The first-order valence-corrected chi connectivity index (χ1v) is 8.78. The average Bonchev–Trinajstić information content (AvgIpc) is 2.45. The molecular formula is C18H24N2OS. The molecule has 0 aromatic heterocycles. The summed E-state index contributed by atoms with van der Waals surface area (Å²) in [6.07, 6.45) is 8.28. The van der Waals surface area contributed by atoms with Crippen LogP contribution in [0.2, 0.25) is 0 Å². The lowest BCUT2D eigenvalue weighted by Gasteiger charge is -2.57. The Hall–Kier alpha value is -1.29. The van der Waals surface area contributed by atoms with Gasteiger partial charge in [-0.05, 0) is 80.6 Å². The molecule has 3 nitrogen and oxygen atoms in total. The van der Waals surface area contributed by atoms with Gasteiger partial charge in [0, 0.05) is 17.3 Å². The Morgan fingerprint density at radius 3 is 2.36 bits per heavy atom. The number of thiocarbonyl (C=S) groups is 1. The van der Waals surface area contributed by atoms with E-state index in [1.165, 1.54) is 38.5 Å². The van der Waals surface area contributed by atoms with Crippen LogP contribution in [0.15, 0.2) is 24.3 Å². The fourth-order valence-electron chi connectivity index (χ4n) is 5.37. The molecule has 4 aliphatic carbocycles. The van der Waals surface area contributed by atoms with E-state index in [-0.39, 0.29) is 5.54 Å². The number of methoxy groups -OCH3 is 1. The van der Waals surface area contributed by atoms with Crippen LogP contribution in [0, 0.1) is 17.8 Å². The van der Waals surface area contributed by atoms with E-state index < -0.39 is 0 Å². The van der Waals surface area contributed by atoms with Crippen molar-refractivity contribution in [1.82, 2.24) is 5.32 Å². The van der Waals surface area contributed by atoms with Crippen molar-refractivity contribution in [3.8, 4) is 5.75 Å². The number of ether oxygens (including phenoxy) is 1. The quantitative estimate of drug-likeness (QED) is 0.827. The van der Waals surface area contributed by atoms with Crippen LogP contribution >= 0.6 is 12.2 Å². The minimum absolute atomic E-state index is 0.262. The molecule has 0 amide bonds. The standard InChI is InChI=1S/C18H24N2OS/c1-21-16-4-2-3-15(8-16)19-17(22)20-18-9-12-5-13(10-18)7-14(6-12)11-18/h2-4,8,12-14H,5-7,9-11H2,1H3,(H2,19,20,22). The Bertz CT molecular complexity index is 551. The summed E-state index contributed by atoms with van der Waals surface area (Å²) in [4.78, 5) is 0. The summed E-state index contributed by atoms with van der Waals surface area (Å²) in [5.41, 5.74) is 1.25. The van der Waals surface area contributed by atoms with Gasteiger partial charge in [0.25, 0.3) is 0 Å². The zero-order valence-electron chi connectivity index (χ0n) is 13.1. The highest BCUT2D eigenvalue weighted by Crippen LogP contribution is 2.55. The molecule has 4 bridgehead atoms. The minimum atomic E-state index is 0.262. The molecule has 0 unspecified atom stereocenters. The van der Waals surface area contributed by atoms with Crippen molar-refractivity contribution in [2.75, 3.05) is 12.4 Å². The molecule has 4 fully saturated rings. The highest BCUT2D eigenvalue weighted by atomic mass is 32.1. The highest BCUT2D eigenvalue weighted by Gasteiger charge is 2.51. The Labute approximate surface area is 137 Å². The summed E-state index contributed by atoms with van der Waals surface area (Å²) in [6, 6.07) is 7.93. The van der Waals surface area contributed by atoms with E-state index in [2.05, 4.69) is 10.6 Å². The first-order chi connectivity index (χ1) is 10.6. The summed E-state index contributed by atoms with van der Waals surface area (Å²) >= 11 is 5.59. The van der Waals surface area contributed by atoms with Gasteiger partial charge in [0.1, 0.15) is 5.75 Å². The van der Waals surface area contributed by atoms with Gasteiger partial charge in [-0.3, -0.25) is 0 Å². The predicted molar refractivity (Wildman–Crippen MR) is 93.3 cm³/mol. The van der Waals surface area contributed by atoms with Crippen LogP contribution in [0.5, 0.6) is 5.75 Å². The summed E-state index contributed by atoms with van der Waals surface area (Å²) in [7, 11) is 1.69. The maximum absolute atomic E-state index is 5.59. The zero-order valence-corrected chi connectivity index (χ0v) is 13.9. The summed E-state index contributed by atoms with van der Waals surface area (Å²) in [6.45, 7) is 0. The highest BCUT2D eigenvalue weighted by molar-refractivity contribution is 7.80. The predicted octanol–water partition coefficient (Wildman–Crippen LogP) is 3.95. The Morgan fingerprint density at radius 1 is 1.14 bits per heavy atom. The molecule has 0 aliphatic heterocycles. The van der Waals surface area contributed by atoms with Crippen LogP contribution in [0.25, 0.3) is 0 Å². The molecule has 22 heavy (non-hydrogen) atoms. The van der Waals surface area contributed by atoms with Gasteiger partial charge in [0.2, 0.25) is 0 Å². The Morgan fingerprint density at radius 2 is 1.77 bits per heavy atom. The van der Waals surface area contributed by atoms with Crippen molar-refractivity contribution in [2.24, 2.45) is 17.8 Å². The number of nitrogens with one attached hydrogen (secondary N) is 2. The zero-order chi connectivity index (χ0) is 15.2. The molecule has 0 atom stereocenters. The van der Waals surface area contributed by atoms with Gasteiger partial charge in [-0.15, -0.1) is 0 Å². The van der Waals surface area contributed by atoms with E-state index in [4.69, 9.17) is 17.0 Å². The second kappa shape index (κ2) is 5.41. The van der Waals surface area contributed by atoms with Crippen LogP contribution in [-0.2, 0) is 0 Å². The molecular weight excluding hydrogens is 292 g/mol. The van der Waals surface area contributed by atoms with Crippen molar-refractivity contribution < 1.29 is 4.74 Å². The van der Waals surface area contributed by atoms with Crippen molar-refractivity contribution in [3.63, 3.8) is 0 Å². The van der Waals surface area contributed by atoms with E-state index in [0.29, 0.717) is 0 Å². The third kappa shape index (κ3) is 2.69. The van der Waals surface area contributed by atoms with Gasteiger partial charge in [-0.1, -0.05) is 6.07 Å². The summed E-state index contributed by atoms with van der Waals surface area (Å²) in [5, 5.41) is 7.78. The van der Waals surface area contributed by atoms with E-state index in [1.807, 2.05) is 24.3 Å². The maximum Gasteiger partial charge on any atom is 0.171 e. The summed E-state index contributed by atoms with van der Waals surface area (Å²) in [5.74, 6) is 3.64. The number of anilines is 1. The normalized spacial score (nSPS) is 35.2. The van der Waals surface area contributed by atoms with Crippen LogP contribution in [-0.4, -0.2) is 17.8 Å². The average molecular weight is 316 g/mol. The van der Waals surface area contributed by atoms with E-state index in [9.17, 15) is 0 Å². The Kier molecular flexibility index (Phi) is 3.52. The second-order valence-corrected chi connectivity index (χ2v) is 7.92. The monoisotopic (exact) mass is 316 g/mol. The van der Waals surface area contributed by atoms with Crippen molar-refractivity contribution >= 4 is 23.0 Å². The number of hydrogen-bond acceptors (Lipinski definition) is 2. The largest absolute Gasteiger partial charge is 0.497 e. The van der Waals surface area contributed by atoms with Gasteiger partial charge in [-0.25, -0.2) is 0 Å². The Balaban J connectivity index is 1.43. The van der Waals surface area contributed by atoms with Crippen molar-refractivity contribution in [1.29, 1.82) is 0 Å². The minimum Gasteiger partial charge on any atom is -0.497 e. The first-order valence-electron chi connectivity index (χ1n) is 8.37. The molecule has 0 radical (unpaired) electrons. The van der Waals surface area contributed by atoms with Gasteiger partial charge in [-0.2, -0.15) is 0 Å². The fourth-order valence-corrected chi connectivity index (χ4v) is 5.70. The van der Waals surface area contributed by atoms with E-state index in [1.54, 1.807) is 7.11 Å². The van der Waals surface area contributed by atoms with Crippen molar-refractivity contribution in [2.45, 2.75) is 44.1 Å². The fraction of sp³-hybridized carbons (Fsp3) is 0.611. The maximum atomic E-state index is 5.59. The number of rotatable bonds is 3. The van der Waals surface area contributed by atoms with Crippen LogP contribution in [0.3, 0.4) is 0 Å². The number of hydrogen-bond donors (Lipinski definition) is 2. The molecule has 4 heteroatoms. The smallest absolute Gasteiger partial charge is 0.171 e. The third-order valence-electron chi connectivity index (χ3n) is 5.74. The summed E-state index contributed by atoms with van der Waals surface area (Å²) < 4.78 is 5.27. The molecule has 1 aromatic rings. The van der Waals surface area contributed by atoms with Gasteiger partial charge >= 0.3 is 0 Å². The molecule has 2 N–H and O–H groups in total. The van der Waals surface area contributed by atoms with Gasteiger partial charge < -0.3 is 15.4 Å². The SMILES string of the molecule is COc1cccc(NC(=S)NC23CC4CC(CC(C4)C2)C3)c1. The van der Waals surface area contributed by atoms with Gasteiger partial charge in [0.15, 0.2) is 5.11 Å². The molecule has 0 heterocycles. The molecule has 5 rings (SSSR count). The van der Waals surface area contributed by atoms with Crippen LogP contribution in [0.4, 0.5) is 5.69 Å². The molecule has 1 aromatic carbocycles. The van der Waals surface area contributed by atoms with Gasteiger partial charge in [0.05, 0.1) is 7.11 Å². The lowest BCUT2D eigenvalue weighted by molar-refractivity contribution is -0.00972. The number of benzene rings is 1. The van der Waals surface area contributed by atoms with E-state index in [0.717, 1.165) is 34.3 Å². The topological polar surface area (TPSA) is 33.3 Å². The first kappa shape index (κ1) is 14.3. The second-order valence-electron chi connectivity index (χ2n) is 7.51. The van der Waals surface area contributed by atoms with E-state index >= 15 is 0 Å². The molecule has 4 saturated carbocycles. The molecule has 118 valence electrons. The third-order valence-corrected chi connectivity index (χ3v) is 5.95. The lowest BCUT2D eigenvalue weighted by Crippen LogP contribution is -2.60. The molecule has 0 saturated heterocycles. The van der Waals surface area contributed by atoms with Crippen LogP contribution < -0.4 is 15.4 Å².